The van der Waals surface area contributed by atoms with Crippen molar-refractivity contribution in [1.29, 1.82) is 0 Å². The summed E-state index contributed by atoms with van der Waals surface area (Å²) in [6.07, 6.45) is 8.81. The van der Waals surface area contributed by atoms with Gasteiger partial charge >= 0.3 is 0 Å². The van der Waals surface area contributed by atoms with Gasteiger partial charge in [0, 0.05) is 45.8 Å². The van der Waals surface area contributed by atoms with Crippen LogP contribution in [-0.2, 0) is 6.42 Å². The summed E-state index contributed by atoms with van der Waals surface area (Å²) in [6.45, 7) is 4.10. The Morgan fingerprint density at radius 2 is 1.73 bits per heavy atom. The summed E-state index contributed by atoms with van der Waals surface area (Å²) in [4.78, 5) is 17.4. The highest BCUT2D eigenvalue weighted by atomic mass is 15.3. The maximum atomic E-state index is 4.67. The Kier molecular flexibility index (Phi) is 6.13. The Hall–Kier alpha value is -2.17. The summed E-state index contributed by atoms with van der Waals surface area (Å²) in [5, 5.41) is 0. The number of hydrogen-bond donors (Lipinski definition) is 0. The van der Waals surface area contributed by atoms with E-state index in [0.29, 0.717) is 0 Å². The predicted octanol–water partition coefficient (Wildman–Crippen LogP) is 2.79. The third kappa shape index (κ3) is 4.69. The highest BCUT2D eigenvalue weighted by Crippen LogP contribution is 2.14. The molecule has 0 aromatic carbocycles. The van der Waals surface area contributed by atoms with Crippen molar-refractivity contribution >= 4 is 11.8 Å². The molecule has 0 N–H and O–H groups in total. The van der Waals surface area contributed by atoms with E-state index in [9.17, 15) is 0 Å². The van der Waals surface area contributed by atoms with Crippen LogP contribution in [0.1, 0.15) is 25.3 Å². The minimum Gasteiger partial charge on any atom is -0.359 e. The van der Waals surface area contributed by atoms with Gasteiger partial charge in [-0.3, -0.25) is 4.98 Å². The standard InChI is InChI=1S/C17H25N5/c1-4-5-13-22(3)17-19-12-8-16(20-17)21(2)14-9-15-6-10-18-11-7-15/h6-8,10-12H,4-5,9,13-14H2,1-3H3. The summed E-state index contributed by atoms with van der Waals surface area (Å²) < 4.78 is 0. The number of unbranched alkanes of at least 4 members (excludes halogenated alkanes) is 1. The zero-order valence-electron chi connectivity index (χ0n) is 13.7. The van der Waals surface area contributed by atoms with Crippen LogP contribution >= 0.6 is 0 Å². The Labute approximate surface area is 133 Å². The van der Waals surface area contributed by atoms with Crippen molar-refractivity contribution in [1.82, 2.24) is 15.0 Å². The fourth-order valence-electron chi connectivity index (χ4n) is 2.19. The number of pyridine rings is 1. The molecule has 0 saturated carbocycles. The molecule has 22 heavy (non-hydrogen) atoms. The second-order valence-electron chi connectivity index (χ2n) is 5.52. The van der Waals surface area contributed by atoms with Crippen LogP contribution in [0.15, 0.2) is 36.8 Å². The maximum Gasteiger partial charge on any atom is 0.226 e. The van der Waals surface area contributed by atoms with Gasteiger partial charge in [-0.05, 0) is 36.6 Å². The van der Waals surface area contributed by atoms with Crippen LogP contribution in [0, 0.1) is 0 Å². The Morgan fingerprint density at radius 1 is 0.955 bits per heavy atom. The van der Waals surface area contributed by atoms with E-state index in [0.717, 1.165) is 37.7 Å². The molecular formula is C17H25N5. The molecule has 0 radical (unpaired) electrons. The lowest BCUT2D eigenvalue weighted by Gasteiger charge is -2.21. The van der Waals surface area contributed by atoms with Gasteiger partial charge in [-0.25, -0.2) is 4.98 Å². The number of aromatic nitrogens is 3. The second kappa shape index (κ2) is 8.32. The number of anilines is 2. The van der Waals surface area contributed by atoms with E-state index in [4.69, 9.17) is 0 Å². The van der Waals surface area contributed by atoms with Gasteiger partial charge in [0.15, 0.2) is 0 Å². The fourth-order valence-corrected chi connectivity index (χ4v) is 2.19. The molecule has 118 valence electrons. The highest BCUT2D eigenvalue weighted by molar-refractivity contribution is 5.42. The van der Waals surface area contributed by atoms with E-state index >= 15 is 0 Å². The molecule has 5 heteroatoms. The van der Waals surface area contributed by atoms with Gasteiger partial charge in [0.2, 0.25) is 5.95 Å². The Bertz CT molecular complexity index is 558. The Balaban J connectivity index is 1.96. The van der Waals surface area contributed by atoms with Gasteiger partial charge < -0.3 is 9.80 Å². The van der Waals surface area contributed by atoms with Crippen LogP contribution in [-0.4, -0.2) is 42.1 Å². The first-order chi connectivity index (χ1) is 10.7. The largest absolute Gasteiger partial charge is 0.359 e. The van der Waals surface area contributed by atoms with Crippen LogP contribution in [0.25, 0.3) is 0 Å². The molecule has 2 heterocycles. The minimum atomic E-state index is 0.793. The van der Waals surface area contributed by atoms with E-state index in [1.807, 2.05) is 31.7 Å². The first kappa shape index (κ1) is 16.2. The first-order valence-corrected chi connectivity index (χ1v) is 7.85. The zero-order chi connectivity index (χ0) is 15.8. The molecule has 0 amide bonds. The molecule has 2 aromatic rings. The van der Waals surface area contributed by atoms with Crippen molar-refractivity contribution in [3.63, 3.8) is 0 Å². The van der Waals surface area contributed by atoms with Gasteiger partial charge in [-0.2, -0.15) is 4.98 Å². The van der Waals surface area contributed by atoms with Crippen LogP contribution in [0.5, 0.6) is 0 Å². The van der Waals surface area contributed by atoms with Crippen molar-refractivity contribution in [3.8, 4) is 0 Å². The smallest absolute Gasteiger partial charge is 0.226 e. The second-order valence-corrected chi connectivity index (χ2v) is 5.52. The lowest BCUT2D eigenvalue weighted by atomic mass is 10.2. The van der Waals surface area contributed by atoms with E-state index < -0.39 is 0 Å². The average molecular weight is 299 g/mol. The normalized spacial score (nSPS) is 10.5. The number of nitrogens with zero attached hydrogens (tertiary/aromatic N) is 5. The number of hydrogen-bond acceptors (Lipinski definition) is 5. The van der Waals surface area contributed by atoms with Gasteiger partial charge in [-0.1, -0.05) is 13.3 Å². The van der Waals surface area contributed by atoms with Crippen molar-refractivity contribution in [2.24, 2.45) is 0 Å². The molecule has 0 fully saturated rings. The molecule has 0 aliphatic heterocycles. The monoisotopic (exact) mass is 299 g/mol. The maximum absolute atomic E-state index is 4.67. The van der Waals surface area contributed by atoms with Crippen molar-refractivity contribution < 1.29 is 0 Å². The summed E-state index contributed by atoms with van der Waals surface area (Å²) in [7, 11) is 4.12. The molecule has 2 rings (SSSR count). The summed E-state index contributed by atoms with van der Waals surface area (Å²) in [5.41, 5.74) is 1.29. The van der Waals surface area contributed by atoms with Gasteiger partial charge in [0.1, 0.15) is 5.82 Å². The van der Waals surface area contributed by atoms with E-state index in [1.165, 1.54) is 12.0 Å². The lowest BCUT2D eigenvalue weighted by Crippen LogP contribution is -2.24. The van der Waals surface area contributed by atoms with Gasteiger partial charge in [0.05, 0.1) is 0 Å². The molecule has 0 bridgehead atoms. The molecule has 0 saturated heterocycles. The van der Waals surface area contributed by atoms with Crippen LogP contribution in [0.2, 0.25) is 0 Å². The van der Waals surface area contributed by atoms with Crippen LogP contribution in [0.3, 0.4) is 0 Å². The van der Waals surface area contributed by atoms with Crippen molar-refractivity contribution in [2.45, 2.75) is 26.2 Å². The van der Waals surface area contributed by atoms with Crippen LogP contribution < -0.4 is 9.80 Å². The Morgan fingerprint density at radius 3 is 2.45 bits per heavy atom. The van der Waals surface area contributed by atoms with E-state index in [1.54, 1.807) is 0 Å². The fraction of sp³-hybridized carbons (Fsp3) is 0.471. The van der Waals surface area contributed by atoms with Crippen molar-refractivity contribution in [2.75, 3.05) is 37.0 Å². The molecule has 0 atom stereocenters. The molecule has 0 aliphatic rings. The molecular weight excluding hydrogens is 274 g/mol. The van der Waals surface area contributed by atoms with E-state index in [2.05, 4.69) is 50.9 Å². The predicted molar refractivity (Wildman–Crippen MR) is 91.4 cm³/mol. The molecule has 2 aromatic heterocycles. The first-order valence-electron chi connectivity index (χ1n) is 7.85. The van der Waals surface area contributed by atoms with Gasteiger partial charge in [0.25, 0.3) is 0 Å². The summed E-state index contributed by atoms with van der Waals surface area (Å²) in [5.74, 6) is 1.75. The third-order valence-corrected chi connectivity index (χ3v) is 3.69. The number of likely N-dealkylation sites (N-methyl/N-ethyl adjacent to an activating group) is 1. The van der Waals surface area contributed by atoms with Crippen molar-refractivity contribution in [3.05, 3.63) is 42.4 Å². The van der Waals surface area contributed by atoms with Crippen LogP contribution in [0.4, 0.5) is 11.8 Å². The third-order valence-electron chi connectivity index (χ3n) is 3.69. The topological polar surface area (TPSA) is 45.2 Å². The van der Waals surface area contributed by atoms with Gasteiger partial charge in [-0.15, -0.1) is 0 Å². The highest BCUT2D eigenvalue weighted by Gasteiger charge is 2.08. The SMILES string of the molecule is CCCCN(C)c1nccc(N(C)CCc2ccncc2)n1. The zero-order valence-corrected chi connectivity index (χ0v) is 13.7. The van der Waals surface area contributed by atoms with E-state index in [-0.39, 0.29) is 0 Å². The molecule has 0 unspecified atom stereocenters. The minimum absolute atomic E-state index is 0.793. The summed E-state index contributed by atoms with van der Waals surface area (Å²) >= 11 is 0. The molecule has 5 nitrogen and oxygen atoms in total. The average Bonchev–Trinajstić information content (AvgIpc) is 2.58. The summed E-state index contributed by atoms with van der Waals surface area (Å²) in [6, 6.07) is 6.07. The molecule has 0 aliphatic carbocycles. The molecule has 0 spiro atoms. The number of rotatable bonds is 8. The lowest BCUT2D eigenvalue weighted by molar-refractivity contribution is 0.747. The quantitative estimate of drug-likeness (QED) is 0.750.